The molecule has 0 aliphatic carbocycles. The third-order valence-corrected chi connectivity index (χ3v) is 3.74. The first-order chi connectivity index (χ1) is 8.43. The third-order valence-electron chi connectivity index (χ3n) is 3.74. The van der Waals surface area contributed by atoms with Gasteiger partial charge in [0.2, 0.25) is 0 Å². The van der Waals surface area contributed by atoms with Crippen LogP contribution in [0.1, 0.15) is 31.4 Å². The van der Waals surface area contributed by atoms with Gasteiger partial charge in [0.05, 0.1) is 23.0 Å². The zero-order valence-electron chi connectivity index (χ0n) is 11.9. The number of ether oxygens (including phenoxy) is 1. The molecule has 1 aromatic heterocycles. The van der Waals surface area contributed by atoms with Gasteiger partial charge < -0.3 is 9.30 Å². The van der Waals surface area contributed by atoms with E-state index in [-0.39, 0.29) is 5.60 Å². The van der Waals surface area contributed by atoms with Crippen molar-refractivity contribution < 1.29 is 4.74 Å². The van der Waals surface area contributed by atoms with E-state index in [0.717, 1.165) is 18.5 Å². The second-order valence-electron chi connectivity index (χ2n) is 5.58. The monoisotopic (exact) mass is 246 g/mol. The smallest absolute Gasteiger partial charge is 0.0958 e. The van der Waals surface area contributed by atoms with Crippen LogP contribution in [0.25, 0.3) is 11.0 Å². The van der Waals surface area contributed by atoms with Crippen molar-refractivity contribution in [1.82, 2.24) is 9.55 Å². The molecule has 0 unspecified atom stereocenters. The van der Waals surface area contributed by atoms with Crippen LogP contribution in [-0.4, -0.2) is 22.3 Å². The highest BCUT2D eigenvalue weighted by Crippen LogP contribution is 2.20. The Morgan fingerprint density at radius 2 is 1.89 bits per heavy atom. The van der Waals surface area contributed by atoms with Crippen molar-refractivity contribution >= 4 is 11.0 Å². The largest absolute Gasteiger partial charge is 0.379 e. The Morgan fingerprint density at radius 3 is 2.56 bits per heavy atom. The van der Waals surface area contributed by atoms with E-state index in [2.05, 4.69) is 49.4 Å². The maximum Gasteiger partial charge on any atom is 0.0958 e. The SMILES string of the molecule is COC(C)(C)CCn1cnc2cc(C)c(C)cc21. The summed E-state index contributed by atoms with van der Waals surface area (Å²) < 4.78 is 7.67. The zero-order chi connectivity index (χ0) is 13.3. The maximum atomic E-state index is 5.46. The van der Waals surface area contributed by atoms with E-state index >= 15 is 0 Å². The highest BCUT2D eigenvalue weighted by Gasteiger charge is 2.16. The summed E-state index contributed by atoms with van der Waals surface area (Å²) in [5.74, 6) is 0. The lowest BCUT2D eigenvalue weighted by atomic mass is 10.1. The van der Waals surface area contributed by atoms with E-state index in [4.69, 9.17) is 4.74 Å². The number of hydrogen-bond acceptors (Lipinski definition) is 2. The molecule has 18 heavy (non-hydrogen) atoms. The van der Waals surface area contributed by atoms with Gasteiger partial charge in [-0.3, -0.25) is 0 Å². The molecule has 0 amide bonds. The Bertz CT molecular complexity index is 555. The summed E-state index contributed by atoms with van der Waals surface area (Å²) in [6.07, 6.45) is 2.90. The second-order valence-corrected chi connectivity index (χ2v) is 5.58. The van der Waals surface area contributed by atoms with Crippen LogP contribution < -0.4 is 0 Å². The first-order valence-corrected chi connectivity index (χ1v) is 6.40. The fraction of sp³-hybridized carbons (Fsp3) is 0.533. The summed E-state index contributed by atoms with van der Waals surface area (Å²) in [6.45, 7) is 9.43. The lowest BCUT2D eigenvalue weighted by Crippen LogP contribution is -2.24. The van der Waals surface area contributed by atoms with Crippen LogP contribution in [0.5, 0.6) is 0 Å². The van der Waals surface area contributed by atoms with Gasteiger partial charge in [-0.25, -0.2) is 4.98 Å². The molecule has 0 radical (unpaired) electrons. The molecule has 0 N–H and O–H groups in total. The van der Waals surface area contributed by atoms with Gasteiger partial charge in [0, 0.05) is 13.7 Å². The van der Waals surface area contributed by atoms with Crippen LogP contribution in [-0.2, 0) is 11.3 Å². The molecule has 1 heterocycles. The van der Waals surface area contributed by atoms with E-state index in [9.17, 15) is 0 Å². The minimum absolute atomic E-state index is 0.0870. The first-order valence-electron chi connectivity index (χ1n) is 6.40. The molecule has 2 rings (SSSR count). The quantitative estimate of drug-likeness (QED) is 0.826. The molecular weight excluding hydrogens is 224 g/mol. The molecule has 0 saturated carbocycles. The highest BCUT2D eigenvalue weighted by atomic mass is 16.5. The molecule has 0 spiro atoms. The van der Waals surface area contributed by atoms with Gasteiger partial charge in [-0.05, 0) is 57.4 Å². The normalized spacial score (nSPS) is 12.3. The number of aromatic nitrogens is 2. The molecule has 2 aromatic rings. The number of fused-ring (bicyclic) bond motifs is 1. The maximum absolute atomic E-state index is 5.46. The standard InChI is InChI=1S/C15H22N2O/c1-11-8-13-14(9-12(11)2)17(10-16-13)7-6-15(3,4)18-5/h8-10H,6-7H2,1-5H3. The van der Waals surface area contributed by atoms with Gasteiger partial charge in [-0.15, -0.1) is 0 Å². The van der Waals surface area contributed by atoms with Gasteiger partial charge in [0.1, 0.15) is 0 Å². The fourth-order valence-corrected chi connectivity index (χ4v) is 1.98. The molecular formula is C15H22N2O. The van der Waals surface area contributed by atoms with Crippen molar-refractivity contribution in [3.05, 3.63) is 29.6 Å². The van der Waals surface area contributed by atoms with Crippen LogP contribution in [0.3, 0.4) is 0 Å². The zero-order valence-corrected chi connectivity index (χ0v) is 11.9. The Hall–Kier alpha value is -1.35. The summed E-state index contributed by atoms with van der Waals surface area (Å²) in [6, 6.07) is 4.38. The Kier molecular flexibility index (Phi) is 3.44. The van der Waals surface area contributed by atoms with Gasteiger partial charge >= 0.3 is 0 Å². The van der Waals surface area contributed by atoms with Crippen molar-refractivity contribution in [2.24, 2.45) is 0 Å². The minimum atomic E-state index is -0.0870. The van der Waals surface area contributed by atoms with E-state index in [1.807, 2.05) is 6.33 Å². The van der Waals surface area contributed by atoms with Crippen molar-refractivity contribution in [2.45, 2.75) is 46.3 Å². The molecule has 0 atom stereocenters. The summed E-state index contributed by atoms with van der Waals surface area (Å²) >= 11 is 0. The lowest BCUT2D eigenvalue weighted by Gasteiger charge is -2.23. The molecule has 0 aliphatic heterocycles. The number of rotatable bonds is 4. The number of aryl methyl sites for hydroxylation is 3. The van der Waals surface area contributed by atoms with Crippen molar-refractivity contribution in [2.75, 3.05) is 7.11 Å². The third kappa shape index (κ3) is 2.56. The first kappa shape index (κ1) is 13.1. The van der Waals surface area contributed by atoms with E-state index < -0.39 is 0 Å². The van der Waals surface area contributed by atoms with Crippen LogP contribution in [0, 0.1) is 13.8 Å². The van der Waals surface area contributed by atoms with Crippen molar-refractivity contribution in [3.8, 4) is 0 Å². The molecule has 1 aromatic carbocycles. The van der Waals surface area contributed by atoms with Gasteiger partial charge in [-0.2, -0.15) is 0 Å². The number of hydrogen-bond donors (Lipinski definition) is 0. The van der Waals surface area contributed by atoms with Gasteiger partial charge in [0.15, 0.2) is 0 Å². The number of benzene rings is 1. The predicted octanol–water partition coefficient (Wildman–Crippen LogP) is 3.47. The van der Waals surface area contributed by atoms with Crippen LogP contribution >= 0.6 is 0 Å². The fourth-order valence-electron chi connectivity index (χ4n) is 1.98. The molecule has 0 fully saturated rings. The molecule has 0 aliphatic rings. The Balaban J connectivity index is 2.27. The second kappa shape index (κ2) is 4.73. The molecule has 3 heteroatoms. The predicted molar refractivity (Wildman–Crippen MR) is 74.9 cm³/mol. The summed E-state index contributed by atoms with van der Waals surface area (Å²) in [5, 5.41) is 0. The lowest BCUT2D eigenvalue weighted by molar-refractivity contribution is 0.0123. The molecule has 3 nitrogen and oxygen atoms in total. The Morgan fingerprint density at radius 1 is 1.22 bits per heavy atom. The number of imidazole rings is 1. The molecule has 0 bridgehead atoms. The summed E-state index contributed by atoms with van der Waals surface area (Å²) in [7, 11) is 1.76. The average Bonchev–Trinajstić information content (AvgIpc) is 2.70. The molecule has 98 valence electrons. The van der Waals surface area contributed by atoms with Crippen LogP contribution in [0.4, 0.5) is 0 Å². The average molecular weight is 246 g/mol. The Labute approximate surface area is 109 Å². The number of methoxy groups -OCH3 is 1. The van der Waals surface area contributed by atoms with E-state index in [0.29, 0.717) is 0 Å². The highest BCUT2D eigenvalue weighted by molar-refractivity contribution is 5.77. The van der Waals surface area contributed by atoms with Gasteiger partial charge in [-0.1, -0.05) is 0 Å². The summed E-state index contributed by atoms with van der Waals surface area (Å²) in [4.78, 5) is 4.47. The van der Waals surface area contributed by atoms with Crippen molar-refractivity contribution in [1.29, 1.82) is 0 Å². The van der Waals surface area contributed by atoms with Gasteiger partial charge in [0.25, 0.3) is 0 Å². The van der Waals surface area contributed by atoms with E-state index in [1.54, 1.807) is 7.11 Å². The van der Waals surface area contributed by atoms with Crippen LogP contribution in [0.2, 0.25) is 0 Å². The minimum Gasteiger partial charge on any atom is -0.379 e. The molecule has 0 saturated heterocycles. The number of nitrogens with zero attached hydrogens (tertiary/aromatic N) is 2. The summed E-state index contributed by atoms with van der Waals surface area (Å²) in [5.41, 5.74) is 4.81. The van der Waals surface area contributed by atoms with E-state index in [1.165, 1.54) is 16.6 Å². The van der Waals surface area contributed by atoms with Crippen LogP contribution in [0.15, 0.2) is 18.5 Å². The topological polar surface area (TPSA) is 27.1 Å². The van der Waals surface area contributed by atoms with Crippen molar-refractivity contribution in [3.63, 3.8) is 0 Å².